The number of nitrogens with one attached hydrogen (secondary N) is 1. The van der Waals surface area contributed by atoms with Gasteiger partial charge in [-0.3, -0.25) is 4.79 Å². The lowest BCUT2D eigenvalue weighted by atomic mass is 10.1. The molecule has 0 radical (unpaired) electrons. The molecule has 2 aromatic carbocycles. The summed E-state index contributed by atoms with van der Waals surface area (Å²) in [6, 6.07) is 13.9. The van der Waals surface area contributed by atoms with Crippen molar-refractivity contribution in [3.63, 3.8) is 0 Å². The summed E-state index contributed by atoms with van der Waals surface area (Å²) in [5.74, 6) is 0.578. The van der Waals surface area contributed by atoms with Crippen LogP contribution in [0.3, 0.4) is 0 Å². The summed E-state index contributed by atoms with van der Waals surface area (Å²) in [6.45, 7) is 1.95. The Balaban J connectivity index is 2.07. The molecule has 22 heavy (non-hydrogen) atoms. The first-order valence-corrected chi connectivity index (χ1v) is 6.98. The second-order valence-electron chi connectivity index (χ2n) is 5.33. The Labute approximate surface area is 125 Å². The van der Waals surface area contributed by atoms with Crippen molar-refractivity contribution in [3.05, 3.63) is 64.4 Å². The summed E-state index contributed by atoms with van der Waals surface area (Å²) >= 11 is 0. The fraction of sp³-hybridized carbons (Fsp3) is 0.0556. The Hall–Kier alpha value is -3.01. The molecule has 0 atom stereocenters. The summed E-state index contributed by atoms with van der Waals surface area (Å²) < 4.78 is 5.90. The summed E-state index contributed by atoms with van der Waals surface area (Å²) in [4.78, 5) is 15.6. The van der Waals surface area contributed by atoms with Gasteiger partial charge in [0.2, 0.25) is 0 Å². The third-order valence-corrected chi connectivity index (χ3v) is 3.85. The number of phenols is 1. The molecule has 4 rings (SSSR count). The van der Waals surface area contributed by atoms with E-state index >= 15 is 0 Å². The Bertz CT molecular complexity index is 1070. The highest BCUT2D eigenvalue weighted by atomic mass is 16.3. The molecule has 0 saturated heterocycles. The highest BCUT2D eigenvalue weighted by molar-refractivity contribution is 5.96. The number of aromatic nitrogens is 1. The zero-order valence-corrected chi connectivity index (χ0v) is 11.9. The summed E-state index contributed by atoms with van der Waals surface area (Å²) in [5, 5.41) is 10.9. The average molecular weight is 291 g/mol. The SMILES string of the molecule is Cc1[nH]c2ccccc2c1-c1cc(=O)c2cc(O)ccc2o1. The molecule has 0 bridgehead atoms. The van der Waals surface area contributed by atoms with Crippen LogP contribution in [0.15, 0.2) is 57.7 Å². The van der Waals surface area contributed by atoms with Crippen LogP contribution in [-0.2, 0) is 0 Å². The first kappa shape index (κ1) is 12.7. The van der Waals surface area contributed by atoms with Gasteiger partial charge in [-0.1, -0.05) is 18.2 Å². The van der Waals surface area contributed by atoms with Gasteiger partial charge in [0.25, 0.3) is 0 Å². The maximum absolute atomic E-state index is 12.3. The standard InChI is InChI=1S/C18H13NO3/c1-10-18(12-4-2-3-5-14(12)19-10)17-9-15(21)13-8-11(20)6-7-16(13)22-17/h2-9,19-20H,1H3. The molecule has 2 aromatic heterocycles. The Morgan fingerprint density at radius 3 is 2.73 bits per heavy atom. The number of para-hydroxylation sites is 1. The van der Waals surface area contributed by atoms with Crippen LogP contribution in [0.1, 0.15) is 5.69 Å². The van der Waals surface area contributed by atoms with Gasteiger partial charge in [0.1, 0.15) is 17.1 Å². The third-order valence-electron chi connectivity index (χ3n) is 3.85. The van der Waals surface area contributed by atoms with Crippen molar-refractivity contribution in [2.75, 3.05) is 0 Å². The maximum Gasteiger partial charge on any atom is 0.193 e. The van der Waals surface area contributed by atoms with Crippen molar-refractivity contribution in [3.8, 4) is 17.1 Å². The van der Waals surface area contributed by atoms with E-state index in [1.54, 1.807) is 6.07 Å². The monoisotopic (exact) mass is 291 g/mol. The number of rotatable bonds is 1. The minimum absolute atomic E-state index is 0.0517. The number of aryl methyl sites for hydroxylation is 1. The van der Waals surface area contributed by atoms with E-state index in [1.807, 2.05) is 31.2 Å². The van der Waals surface area contributed by atoms with Crippen molar-refractivity contribution in [1.82, 2.24) is 4.98 Å². The third kappa shape index (κ3) is 1.81. The molecule has 0 aliphatic heterocycles. The van der Waals surface area contributed by atoms with E-state index in [4.69, 9.17) is 4.42 Å². The van der Waals surface area contributed by atoms with Gasteiger partial charge < -0.3 is 14.5 Å². The van der Waals surface area contributed by atoms with E-state index in [1.165, 1.54) is 18.2 Å². The van der Waals surface area contributed by atoms with Crippen molar-refractivity contribution in [2.45, 2.75) is 6.92 Å². The Kier molecular flexibility index (Phi) is 2.60. The topological polar surface area (TPSA) is 66.2 Å². The van der Waals surface area contributed by atoms with Crippen LogP contribution in [0.5, 0.6) is 5.75 Å². The van der Waals surface area contributed by atoms with Gasteiger partial charge in [0.15, 0.2) is 5.43 Å². The van der Waals surface area contributed by atoms with E-state index in [0.717, 1.165) is 22.2 Å². The van der Waals surface area contributed by atoms with Crippen LogP contribution in [0.2, 0.25) is 0 Å². The summed E-state index contributed by atoms with van der Waals surface area (Å²) in [5.41, 5.74) is 3.13. The molecule has 0 spiro atoms. The first-order valence-electron chi connectivity index (χ1n) is 6.98. The normalized spacial score (nSPS) is 11.3. The molecule has 0 fully saturated rings. The Morgan fingerprint density at radius 2 is 1.86 bits per heavy atom. The van der Waals surface area contributed by atoms with Gasteiger partial charge >= 0.3 is 0 Å². The van der Waals surface area contributed by atoms with Crippen LogP contribution in [0, 0.1) is 6.92 Å². The smallest absolute Gasteiger partial charge is 0.193 e. The van der Waals surface area contributed by atoms with Crippen LogP contribution >= 0.6 is 0 Å². The van der Waals surface area contributed by atoms with Crippen molar-refractivity contribution in [1.29, 1.82) is 0 Å². The molecule has 0 aliphatic rings. The number of fused-ring (bicyclic) bond motifs is 2. The molecule has 0 saturated carbocycles. The second kappa shape index (κ2) is 4.49. The van der Waals surface area contributed by atoms with E-state index in [2.05, 4.69) is 4.98 Å². The van der Waals surface area contributed by atoms with Crippen molar-refractivity contribution >= 4 is 21.9 Å². The van der Waals surface area contributed by atoms with Crippen LogP contribution in [-0.4, -0.2) is 10.1 Å². The van der Waals surface area contributed by atoms with E-state index in [-0.39, 0.29) is 11.2 Å². The second-order valence-corrected chi connectivity index (χ2v) is 5.33. The van der Waals surface area contributed by atoms with E-state index < -0.39 is 0 Å². The zero-order valence-electron chi connectivity index (χ0n) is 11.9. The fourth-order valence-corrected chi connectivity index (χ4v) is 2.86. The maximum atomic E-state index is 12.3. The number of phenolic OH excluding ortho intramolecular Hbond substituents is 1. The van der Waals surface area contributed by atoms with Crippen molar-refractivity contribution < 1.29 is 9.52 Å². The largest absolute Gasteiger partial charge is 0.508 e. The Morgan fingerprint density at radius 1 is 1.05 bits per heavy atom. The lowest BCUT2D eigenvalue weighted by molar-refractivity contribution is 0.475. The quantitative estimate of drug-likeness (QED) is 0.558. The van der Waals surface area contributed by atoms with E-state index in [0.29, 0.717) is 16.7 Å². The minimum atomic E-state index is -0.170. The van der Waals surface area contributed by atoms with Gasteiger partial charge in [-0.25, -0.2) is 0 Å². The van der Waals surface area contributed by atoms with Crippen LogP contribution in [0.4, 0.5) is 0 Å². The summed E-state index contributed by atoms with van der Waals surface area (Å²) in [6.07, 6.45) is 0. The lowest BCUT2D eigenvalue weighted by Gasteiger charge is -2.04. The van der Waals surface area contributed by atoms with Crippen LogP contribution in [0.25, 0.3) is 33.2 Å². The number of hydrogen-bond acceptors (Lipinski definition) is 3. The predicted octanol–water partition coefficient (Wildman–Crippen LogP) is 3.96. The fourth-order valence-electron chi connectivity index (χ4n) is 2.86. The molecule has 4 heteroatoms. The predicted molar refractivity (Wildman–Crippen MR) is 86.2 cm³/mol. The number of aromatic amines is 1. The molecule has 0 amide bonds. The van der Waals surface area contributed by atoms with Crippen molar-refractivity contribution in [2.24, 2.45) is 0 Å². The first-order chi connectivity index (χ1) is 10.6. The molecular formula is C18H13NO3. The zero-order chi connectivity index (χ0) is 15.3. The van der Waals surface area contributed by atoms with Crippen LogP contribution < -0.4 is 5.43 Å². The number of aromatic hydroxyl groups is 1. The number of hydrogen-bond donors (Lipinski definition) is 2. The molecule has 0 aliphatic carbocycles. The van der Waals surface area contributed by atoms with Gasteiger partial charge in [0.05, 0.1) is 5.39 Å². The number of H-pyrrole nitrogens is 1. The molecule has 0 unspecified atom stereocenters. The highest BCUT2D eigenvalue weighted by Gasteiger charge is 2.14. The lowest BCUT2D eigenvalue weighted by Crippen LogP contribution is -2.00. The molecule has 2 N–H and O–H groups in total. The van der Waals surface area contributed by atoms with E-state index in [9.17, 15) is 9.90 Å². The molecule has 4 aromatic rings. The number of benzene rings is 2. The molecule has 4 nitrogen and oxygen atoms in total. The molecule has 2 heterocycles. The highest BCUT2D eigenvalue weighted by Crippen LogP contribution is 2.33. The summed E-state index contributed by atoms with van der Waals surface area (Å²) in [7, 11) is 0. The molecule has 108 valence electrons. The van der Waals surface area contributed by atoms with Gasteiger partial charge in [-0.2, -0.15) is 0 Å². The minimum Gasteiger partial charge on any atom is -0.508 e. The van der Waals surface area contributed by atoms with Gasteiger partial charge in [-0.05, 0) is 31.2 Å². The van der Waals surface area contributed by atoms with Gasteiger partial charge in [-0.15, -0.1) is 0 Å². The van der Waals surface area contributed by atoms with Gasteiger partial charge in [0, 0.05) is 28.2 Å². The molecular weight excluding hydrogens is 278 g/mol. The average Bonchev–Trinajstić information content (AvgIpc) is 2.83.